The number of aromatic nitrogens is 1. The van der Waals surface area contributed by atoms with Gasteiger partial charge in [-0.1, -0.05) is 18.2 Å². The van der Waals surface area contributed by atoms with Crippen LogP contribution in [-0.4, -0.2) is 23.1 Å². The zero-order valence-corrected chi connectivity index (χ0v) is 16.3. The molecule has 1 amide bonds. The van der Waals surface area contributed by atoms with Gasteiger partial charge in [0.1, 0.15) is 23.9 Å². The number of carbonyl (C=O) groups is 2. The smallest absolute Gasteiger partial charge is 0.325 e. The minimum atomic E-state index is -0.495. The quantitative estimate of drug-likeness (QED) is 0.378. The lowest BCUT2D eigenvalue weighted by Gasteiger charge is -2.08. The molecule has 0 aliphatic carbocycles. The van der Waals surface area contributed by atoms with E-state index in [4.69, 9.17) is 9.15 Å². The van der Waals surface area contributed by atoms with E-state index in [1.807, 2.05) is 41.8 Å². The molecule has 0 fully saturated rings. The van der Waals surface area contributed by atoms with Crippen LogP contribution in [0.5, 0.6) is 0 Å². The van der Waals surface area contributed by atoms with Crippen molar-refractivity contribution in [2.45, 2.75) is 26.9 Å². The van der Waals surface area contributed by atoms with Gasteiger partial charge in [0.15, 0.2) is 0 Å². The molecule has 148 valence electrons. The van der Waals surface area contributed by atoms with Crippen molar-refractivity contribution in [3.8, 4) is 6.07 Å². The van der Waals surface area contributed by atoms with Crippen LogP contribution in [0.3, 0.4) is 0 Å². The Bertz CT molecular complexity index is 1100. The van der Waals surface area contributed by atoms with Crippen molar-refractivity contribution in [1.29, 1.82) is 5.26 Å². The Hall–Kier alpha value is -3.79. The summed E-state index contributed by atoms with van der Waals surface area (Å²) in [6.07, 6.45) is 3.07. The first kappa shape index (κ1) is 20.0. The van der Waals surface area contributed by atoms with Crippen LogP contribution in [0.1, 0.15) is 23.9 Å². The zero-order valence-electron chi connectivity index (χ0n) is 16.3. The molecule has 0 atom stereocenters. The van der Waals surface area contributed by atoms with Crippen molar-refractivity contribution in [2.24, 2.45) is 0 Å². The molecule has 0 saturated heterocycles. The molecule has 0 bridgehead atoms. The lowest BCUT2D eigenvalue weighted by molar-refractivity contribution is -0.143. The van der Waals surface area contributed by atoms with Gasteiger partial charge in [-0.2, -0.15) is 5.26 Å². The molecule has 7 nitrogen and oxygen atoms in total. The zero-order chi connectivity index (χ0) is 20.8. The lowest BCUT2D eigenvalue weighted by atomic mass is 10.1. The molecule has 0 spiro atoms. The number of carbonyl (C=O) groups excluding carboxylic acids is 2. The Kier molecular flexibility index (Phi) is 6.15. The van der Waals surface area contributed by atoms with Crippen molar-refractivity contribution in [3.05, 3.63) is 65.3 Å². The summed E-state index contributed by atoms with van der Waals surface area (Å²) in [5, 5.41) is 13.0. The van der Waals surface area contributed by atoms with Crippen LogP contribution in [0.25, 0.3) is 17.0 Å². The van der Waals surface area contributed by atoms with Crippen LogP contribution in [0.2, 0.25) is 0 Å². The molecule has 0 saturated carbocycles. The van der Waals surface area contributed by atoms with E-state index < -0.39 is 5.91 Å². The van der Waals surface area contributed by atoms with E-state index in [0.29, 0.717) is 12.4 Å². The summed E-state index contributed by atoms with van der Waals surface area (Å²) in [5.41, 5.74) is 2.29. The summed E-state index contributed by atoms with van der Waals surface area (Å²) in [6.45, 7) is 4.15. The average Bonchev–Trinajstić information content (AvgIpc) is 3.32. The van der Waals surface area contributed by atoms with E-state index in [9.17, 15) is 14.9 Å². The summed E-state index contributed by atoms with van der Waals surface area (Å²) < 4.78 is 12.1. The third-order valence-corrected chi connectivity index (χ3v) is 4.53. The molecular formula is C22H21N3O4. The molecule has 0 unspecified atom stereocenters. The van der Waals surface area contributed by atoms with Crippen molar-refractivity contribution >= 4 is 28.9 Å². The van der Waals surface area contributed by atoms with Crippen LogP contribution in [0, 0.1) is 18.3 Å². The number of benzene rings is 1. The summed E-state index contributed by atoms with van der Waals surface area (Å²) in [7, 11) is 0. The monoisotopic (exact) mass is 391 g/mol. The van der Waals surface area contributed by atoms with Gasteiger partial charge in [-0.15, -0.1) is 0 Å². The van der Waals surface area contributed by atoms with Gasteiger partial charge in [-0.05, 0) is 38.1 Å². The second kappa shape index (κ2) is 8.93. The highest BCUT2D eigenvalue weighted by molar-refractivity contribution is 6.04. The van der Waals surface area contributed by atoms with Crippen molar-refractivity contribution in [1.82, 2.24) is 9.88 Å². The Morgan fingerprint density at radius 3 is 2.76 bits per heavy atom. The highest BCUT2D eigenvalue weighted by Crippen LogP contribution is 2.28. The van der Waals surface area contributed by atoms with Crippen LogP contribution in [0.15, 0.2) is 52.7 Å². The molecule has 1 aromatic carbocycles. The average molecular weight is 391 g/mol. The maximum Gasteiger partial charge on any atom is 0.325 e. The number of amides is 1. The molecule has 1 N–H and O–H groups in total. The predicted molar refractivity (Wildman–Crippen MR) is 107 cm³/mol. The largest absolute Gasteiger partial charge is 0.467 e. The number of hydrogen-bond donors (Lipinski definition) is 1. The fourth-order valence-corrected chi connectivity index (χ4v) is 3.15. The summed E-state index contributed by atoms with van der Waals surface area (Å²) in [5.74, 6) is -0.244. The van der Waals surface area contributed by atoms with Gasteiger partial charge in [0, 0.05) is 22.2 Å². The number of ether oxygens (including phenoxy) is 1. The molecule has 2 aromatic heterocycles. The Morgan fingerprint density at radius 2 is 2.07 bits per heavy atom. The van der Waals surface area contributed by atoms with E-state index in [-0.39, 0.29) is 24.6 Å². The minimum absolute atomic E-state index is 0.0290. The van der Waals surface area contributed by atoms with Crippen molar-refractivity contribution in [3.63, 3.8) is 0 Å². The summed E-state index contributed by atoms with van der Waals surface area (Å²) in [6, 6.07) is 13.0. The first-order valence-electron chi connectivity index (χ1n) is 9.21. The highest BCUT2D eigenvalue weighted by atomic mass is 16.5. The number of rotatable bonds is 7. The highest BCUT2D eigenvalue weighted by Gasteiger charge is 2.17. The first-order chi connectivity index (χ1) is 14.0. The number of esters is 1. The third kappa shape index (κ3) is 4.38. The Labute approximate surface area is 168 Å². The van der Waals surface area contributed by atoms with Gasteiger partial charge in [0.05, 0.1) is 19.4 Å². The van der Waals surface area contributed by atoms with E-state index in [1.54, 1.807) is 25.1 Å². The van der Waals surface area contributed by atoms with Gasteiger partial charge >= 0.3 is 5.97 Å². The van der Waals surface area contributed by atoms with E-state index >= 15 is 0 Å². The fourth-order valence-electron chi connectivity index (χ4n) is 3.15. The standard InChI is InChI=1S/C22H21N3O4/c1-3-28-21(26)14-25-15(2)19(18-8-4-5-9-20(18)25)11-16(12-23)22(27)24-13-17-7-6-10-29-17/h4-11H,3,13-14H2,1-2H3,(H,24,27)/b16-11+. The number of hydrogen-bond acceptors (Lipinski definition) is 5. The molecule has 2 heterocycles. The van der Waals surface area contributed by atoms with Crippen LogP contribution >= 0.6 is 0 Å². The number of nitrogens with one attached hydrogen (secondary N) is 1. The van der Waals surface area contributed by atoms with Gasteiger partial charge in [-0.25, -0.2) is 0 Å². The van der Waals surface area contributed by atoms with Gasteiger partial charge in [0.25, 0.3) is 5.91 Å². The number of nitriles is 1. The molecule has 0 aliphatic rings. The second-order valence-corrected chi connectivity index (χ2v) is 6.34. The summed E-state index contributed by atoms with van der Waals surface area (Å²) in [4.78, 5) is 24.5. The normalized spacial score (nSPS) is 11.3. The van der Waals surface area contributed by atoms with E-state index in [1.165, 1.54) is 6.26 Å². The van der Waals surface area contributed by atoms with Crippen LogP contribution < -0.4 is 5.32 Å². The van der Waals surface area contributed by atoms with Crippen LogP contribution in [-0.2, 0) is 27.4 Å². The maximum absolute atomic E-state index is 12.5. The van der Waals surface area contributed by atoms with E-state index in [0.717, 1.165) is 22.2 Å². The maximum atomic E-state index is 12.5. The summed E-state index contributed by atoms with van der Waals surface area (Å²) >= 11 is 0. The Balaban J connectivity index is 1.95. The second-order valence-electron chi connectivity index (χ2n) is 6.34. The molecule has 0 aliphatic heterocycles. The van der Waals surface area contributed by atoms with Crippen LogP contribution in [0.4, 0.5) is 0 Å². The third-order valence-electron chi connectivity index (χ3n) is 4.53. The molecular weight excluding hydrogens is 370 g/mol. The number of nitrogens with zero attached hydrogens (tertiary/aromatic N) is 2. The van der Waals surface area contributed by atoms with E-state index in [2.05, 4.69) is 5.32 Å². The molecule has 3 aromatic rings. The fraction of sp³-hybridized carbons (Fsp3) is 0.227. The lowest BCUT2D eigenvalue weighted by Crippen LogP contribution is -2.23. The number of furan rings is 1. The number of para-hydroxylation sites is 1. The predicted octanol–water partition coefficient (Wildman–Crippen LogP) is 3.33. The van der Waals surface area contributed by atoms with Gasteiger partial charge < -0.3 is 19.0 Å². The molecule has 29 heavy (non-hydrogen) atoms. The van der Waals surface area contributed by atoms with Gasteiger partial charge in [0.2, 0.25) is 0 Å². The SMILES string of the molecule is CCOC(=O)Cn1c(C)c(/C=C(\C#N)C(=O)NCc2ccco2)c2ccccc21. The molecule has 3 rings (SSSR count). The van der Waals surface area contributed by atoms with Crippen molar-refractivity contribution < 1.29 is 18.7 Å². The van der Waals surface area contributed by atoms with Crippen molar-refractivity contribution in [2.75, 3.05) is 6.61 Å². The first-order valence-corrected chi connectivity index (χ1v) is 9.21. The number of fused-ring (bicyclic) bond motifs is 1. The topological polar surface area (TPSA) is 97.3 Å². The Morgan fingerprint density at radius 1 is 1.28 bits per heavy atom. The molecule has 7 heteroatoms. The van der Waals surface area contributed by atoms with Gasteiger partial charge in [-0.3, -0.25) is 9.59 Å². The minimum Gasteiger partial charge on any atom is -0.467 e. The molecule has 0 radical (unpaired) electrons.